The molecule has 0 bridgehead atoms. The zero-order valence-electron chi connectivity index (χ0n) is 55.9. The normalized spacial score (nSPS) is 22.9. The second-order valence-corrected chi connectivity index (χ2v) is 27.1. The molecule has 23 heteroatoms. The molecule has 0 aromatic rings. The standard InChI is InChI=1S/C66H125NO20P2/c1-7-11-15-19-22-25-26-27-28-29-30-32-34-38-42-46-57(69)67-59-62(81-49-47-54(79-6)45-41-36-18-14-10-4)61(86-88(72,73)74)56(51-78-5)84-65(59)82-52-55-60(71)63(80-48-43-39-35-24-21-17-13-9-3)64(66(83-55)87-89(75,76)77)85-58(70)50-53(68)44-40-37-33-31-23-20-16-12-8-2/h25-26,54-56,59-66,71H,7-24,27-52H2,1-6H3,(H,67,69)(H2,72,73,74)(H2,75,76,77)/b26-25-/t54-,55-,56-,59-,60-,61-,62-,63+,64-,65-,66+/m1/s1. The lowest BCUT2D eigenvalue weighted by Crippen LogP contribution is -2.67. The van der Waals surface area contributed by atoms with E-state index in [1.807, 2.05) is 0 Å². The minimum atomic E-state index is -5.43. The van der Waals surface area contributed by atoms with Gasteiger partial charge in [-0.1, -0.05) is 220 Å². The van der Waals surface area contributed by atoms with Crippen LogP contribution in [0, 0.1) is 0 Å². The molecule has 2 aliphatic heterocycles. The molecule has 6 N–H and O–H groups in total. The third-order valence-electron chi connectivity index (χ3n) is 16.7. The predicted octanol–water partition coefficient (Wildman–Crippen LogP) is 14.0. The van der Waals surface area contributed by atoms with Crippen molar-refractivity contribution in [3.63, 3.8) is 0 Å². The Kier molecular flexibility index (Phi) is 49.2. The van der Waals surface area contributed by atoms with Gasteiger partial charge in [0, 0.05) is 40.3 Å². The molecule has 0 aromatic heterocycles. The van der Waals surface area contributed by atoms with Gasteiger partial charge >= 0.3 is 21.6 Å². The summed E-state index contributed by atoms with van der Waals surface area (Å²) in [5.74, 6) is -1.84. The first-order chi connectivity index (χ1) is 42.9. The fourth-order valence-electron chi connectivity index (χ4n) is 11.6. The van der Waals surface area contributed by atoms with Crippen molar-refractivity contribution in [3.8, 4) is 0 Å². The number of Topliss-reactive ketones (excluding diaryl/α,β-unsaturated/α-hetero) is 1. The van der Waals surface area contributed by atoms with Gasteiger partial charge in [0.2, 0.25) is 12.2 Å². The second kappa shape index (κ2) is 52.5. The molecule has 89 heavy (non-hydrogen) atoms. The van der Waals surface area contributed by atoms with Crippen LogP contribution in [0.15, 0.2) is 12.2 Å². The van der Waals surface area contributed by atoms with Crippen molar-refractivity contribution in [2.24, 2.45) is 0 Å². The Morgan fingerprint density at radius 1 is 0.494 bits per heavy atom. The average Bonchev–Trinajstić information content (AvgIpc) is 0.966. The van der Waals surface area contributed by atoms with E-state index in [1.165, 1.54) is 58.5 Å². The largest absolute Gasteiger partial charge is 0.472 e. The summed E-state index contributed by atoms with van der Waals surface area (Å²) in [6.45, 7) is 7.81. The van der Waals surface area contributed by atoms with Gasteiger partial charge in [-0.15, -0.1) is 0 Å². The number of hydrogen-bond donors (Lipinski definition) is 6. The number of phosphoric acid groups is 2. The second-order valence-electron chi connectivity index (χ2n) is 24.7. The number of allylic oxidation sites excluding steroid dienone is 2. The fraction of sp³-hybridized carbons (Fsp3) is 0.924. The molecule has 2 rings (SSSR count). The lowest BCUT2D eigenvalue weighted by molar-refractivity contribution is -0.315. The number of nitrogens with one attached hydrogen (secondary N) is 1. The van der Waals surface area contributed by atoms with Crippen LogP contribution in [0.1, 0.15) is 285 Å². The van der Waals surface area contributed by atoms with Crippen molar-refractivity contribution >= 4 is 33.3 Å². The Hall–Kier alpha value is -1.75. The molecule has 0 aromatic carbocycles. The third kappa shape index (κ3) is 41.0. The highest BCUT2D eigenvalue weighted by molar-refractivity contribution is 7.46. The van der Waals surface area contributed by atoms with Crippen LogP contribution in [0.5, 0.6) is 0 Å². The molecule has 2 fully saturated rings. The molecule has 21 nitrogen and oxygen atoms in total. The fourth-order valence-corrected chi connectivity index (χ4v) is 12.6. The predicted molar refractivity (Wildman–Crippen MR) is 345 cm³/mol. The number of rotatable bonds is 59. The highest BCUT2D eigenvalue weighted by Crippen LogP contribution is 2.44. The van der Waals surface area contributed by atoms with Crippen LogP contribution in [0.4, 0.5) is 0 Å². The minimum Gasteiger partial charge on any atom is -0.454 e. The van der Waals surface area contributed by atoms with Gasteiger partial charge in [-0.3, -0.25) is 23.4 Å². The zero-order chi connectivity index (χ0) is 65.4. The maximum Gasteiger partial charge on any atom is 0.472 e. The molecule has 0 aliphatic carbocycles. The number of unbranched alkanes of at least 4 members (excludes halogenated alkanes) is 30. The monoisotopic (exact) mass is 1310 g/mol. The molecule has 0 saturated carbocycles. The molecule has 524 valence electrons. The van der Waals surface area contributed by atoms with Gasteiger partial charge in [0.25, 0.3) is 0 Å². The SMILES string of the molecule is CCCCCC/C=C\CCCCCCCCCC(=O)N[C@H]1[C@H](OC[C@H]2O[C@@H](OP(=O)(O)O)[C@H](OC(=O)CC(=O)CCCCCCCCCCC)[C@@H](OCCCCCCCCCC)[C@@H]2O)O[C@H](COC)[C@@H](OP(=O)(O)O)[C@@H]1OCC[C@@H](CCCCCCC)OC. The Morgan fingerprint density at radius 2 is 0.966 bits per heavy atom. The summed E-state index contributed by atoms with van der Waals surface area (Å²) in [6, 6.07) is -1.33. The summed E-state index contributed by atoms with van der Waals surface area (Å²) in [7, 11) is -7.74. The number of hydrogen-bond acceptors (Lipinski definition) is 16. The lowest BCUT2D eigenvalue weighted by atomic mass is 9.95. The van der Waals surface area contributed by atoms with Gasteiger partial charge in [0.1, 0.15) is 54.9 Å². The van der Waals surface area contributed by atoms with Gasteiger partial charge in [-0.25, -0.2) is 9.13 Å². The van der Waals surface area contributed by atoms with Gasteiger partial charge < -0.3 is 67.9 Å². The Labute approximate surface area is 536 Å². The van der Waals surface area contributed by atoms with Crippen molar-refractivity contribution in [2.45, 2.75) is 352 Å². The number of carbonyl (C=O) groups excluding carboxylic acids is 3. The Balaban J connectivity index is 2.45. The molecule has 2 heterocycles. The van der Waals surface area contributed by atoms with E-state index < -0.39 is 102 Å². The van der Waals surface area contributed by atoms with Crippen LogP contribution in [0.3, 0.4) is 0 Å². The lowest BCUT2D eigenvalue weighted by Gasteiger charge is -2.47. The average molecular weight is 1310 g/mol. The molecular formula is C66H125NO20P2. The smallest absolute Gasteiger partial charge is 0.454 e. The molecule has 0 radical (unpaired) electrons. The van der Waals surface area contributed by atoms with Gasteiger partial charge in [0.15, 0.2) is 12.4 Å². The maximum absolute atomic E-state index is 14.1. The van der Waals surface area contributed by atoms with Crippen LogP contribution in [-0.2, 0) is 70.5 Å². The summed E-state index contributed by atoms with van der Waals surface area (Å²) in [5, 5.41) is 15.2. The van der Waals surface area contributed by atoms with Crippen molar-refractivity contribution in [2.75, 3.05) is 40.6 Å². The van der Waals surface area contributed by atoms with Gasteiger partial charge in [0.05, 0.1) is 19.3 Å². The van der Waals surface area contributed by atoms with E-state index in [2.05, 4.69) is 45.2 Å². The van der Waals surface area contributed by atoms with Crippen molar-refractivity contribution in [1.29, 1.82) is 0 Å². The highest BCUT2D eigenvalue weighted by atomic mass is 31.2. The summed E-state index contributed by atoms with van der Waals surface area (Å²) >= 11 is 0. The number of amides is 1. The van der Waals surface area contributed by atoms with Crippen molar-refractivity contribution < 1.29 is 95.1 Å². The number of carbonyl (C=O) groups is 3. The van der Waals surface area contributed by atoms with Crippen LogP contribution < -0.4 is 5.32 Å². The number of aliphatic hydroxyl groups excluding tert-OH is 1. The minimum absolute atomic E-state index is 0.00194. The van der Waals surface area contributed by atoms with Crippen LogP contribution in [-0.4, -0.2) is 150 Å². The first kappa shape index (κ1) is 83.3. The molecule has 11 atom stereocenters. The molecule has 0 unspecified atom stereocenters. The topological polar surface area (TPSA) is 291 Å². The molecular weight excluding hydrogens is 1190 g/mol. The van der Waals surface area contributed by atoms with E-state index in [-0.39, 0.29) is 44.5 Å². The van der Waals surface area contributed by atoms with E-state index in [1.54, 1.807) is 7.11 Å². The molecule has 2 aliphatic rings. The van der Waals surface area contributed by atoms with E-state index in [4.69, 9.17) is 46.9 Å². The number of aliphatic hydroxyl groups is 1. The molecule has 2 saturated heterocycles. The van der Waals surface area contributed by atoms with E-state index in [9.17, 15) is 48.2 Å². The van der Waals surface area contributed by atoms with Gasteiger partial charge in [-0.05, 0) is 57.8 Å². The summed E-state index contributed by atoms with van der Waals surface area (Å²) < 4.78 is 84.8. The van der Waals surface area contributed by atoms with E-state index >= 15 is 0 Å². The zero-order valence-corrected chi connectivity index (χ0v) is 57.7. The molecule has 1 amide bonds. The van der Waals surface area contributed by atoms with Gasteiger partial charge in [-0.2, -0.15) is 0 Å². The summed E-state index contributed by atoms with van der Waals surface area (Å²) in [4.78, 5) is 81.9. The number of ketones is 1. The van der Waals surface area contributed by atoms with Crippen molar-refractivity contribution in [1.82, 2.24) is 5.32 Å². The quantitative estimate of drug-likeness (QED) is 0.0108. The highest BCUT2D eigenvalue weighted by Gasteiger charge is 2.54. The Morgan fingerprint density at radius 3 is 1.49 bits per heavy atom. The summed E-state index contributed by atoms with van der Waals surface area (Å²) in [6.07, 6.45) is 27.0. The first-order valence-corrected chi connectivity index (χ1v) is 38.0. The number of ether oxygens (including phenoxy) is 8. The first-order valence-electron chi connectivity index (χ1n) is 34.9. The van der Waals surface area contributed by atoms with Crippen LogP contribution in [0.2, 0.25) is 0 Å². The summed E-state index contributed by atoms with van der Waals surface area (Å²) in [5.41, 5.74) is 0. The molecule has 0 spiro atoms. The third-order valence-corrected chi connectivity index (χ3v) is 17.7. The Bertz CT molecular complexity index is 1890. The number of esters is 1. The maximum atomic E-state index is 14.1. The number of phosphoric ester groups is 2. The van der Waals surface area contributed by atoms with Crippen LogP contribution in [0.25, 0.3) is 0 Å². The van der Waals surface area contributed by atoms with E-state index in [0.29, 0.717) is 25.7 Å². The van der Waals surface area contributed by atoms with Crippen molar-refractivity contribution in [3.05, 3.63) is 12.2 Å². The van der Waals surface area contributed by atoms with Crippen LogP contribution >= 0.6 is 15.6 Å². The van der Waals surface area contributed by atoms with E-state index in [0.717, 1.165) is 161 Å². The number of methoxy groups -OCH3 is 2.